The number of amides is 1. The number of hydrogen-bond donors (Lipinski definition) is 2. The lowest BCUT2D eigenvalue weighted by Crippen LogP contribution is -2.39. The SMILES string of the molecule is NC(=O)Cc1cc(-c2ccccc2)cc2c(C3CCN(S(=O)(=O)CCCN4CCSC4)CC3)c[nH]c12. The summed E-state index contributed by atoms with van der Waals surface area (Å²) < 4.78 is 27.6. The first-order valence-electron chi connectivity index (χ1n) is 12.7. The fourth-order valence-corrected chi connectivity index (χ4v) is 8.02. The van der Waals surface area contributed by atoms with Crippen LogP contribution in [-0.2, 0) is 21.2 Å². The number of aromatic amines is 1. The summed E-state index contributed by atoms with van der Waals surface area (Å²) in [5, 5.41) is 1.09. The Labute approximate surface area is 217 Å². The standard InChI is InChI=1S/C27H34N4O3S2/c28-26(32)17-23-15-22(20-5-2-1-3-6-20)16-24-25(18-29-27(23)24)21-7-10-31(11-8-21)36(33,34)14-4-9-30-12-13-35-19-30/h1-3,5-6,15-16,18,21,29H,4,7-14,17,19H2,(H2,28,32). The number of carbonyl (C=O) groups excluding carboxylic acids is 1. The van der Waals surface area contributed by atoms with Crippen molar-refractivity contribution in [3.05, 3.63) is 59.8 Å². The molecule has 7 nitrogen and oxygen atoms in total. The number of carbonyl (C=O) groups is 1. The van der Waals surface area contributed by atoms with Crippen LogP contribution < -0.4 is 5.73 Å². The molecule has 0 atom stereocenters. The first-order chi connectivity index (χ1) is 17.4. The van der Waals surface area contributed by atoms with Gasteiger partial charge in [-0.2, -0.15) is 0 Å². The lowest BCUT2D eigenvalue weighted by molar-refractivity contribution is -0.117. The van der Waals surface area contributed by atoms with Crippen LogP contribution in [0.5, 0.6) is 0 Å². The van der Waals surface area contributed by atoms with Crippen LogP contribution in [0.2, 0.25) is 0 Å². The van der Waals surface area contributed by atoms with Crippen molar-refractivity contribution in [3.63, 3.8) is 0 Å². The molecule has 2 aromatic carbocycles. The highest BCUT2D eigenvalue weighted by Crippen LogP contribution is 2.37. The van der Waals surface area contributed by atoms with E-state index in [0.717, 1.165) is 65.2 Å². The average molecular weight is 527 g/mol. The van der Waals surface area contributed by atoms with Gasteiger partial charge < -0.3 is 10.7 Å². The van der Waals surface area contributed by atoms with Gasteiger partial charge in [0.25, 0.3) is 0 Å². The molecule has 1 aromatic heterocycles. The molecule has 1 amide bonds. The monoisotopic (exact) mass is 526 g/mol. The second-order valence-electron chi connectivity index (χ2n) is 9.81. The van der Waals surface area contributed by atoms with Gasteiger partial charge >= 0.3 is 0 Å². The number of fused-ring (bicyclic) bond motifs is 1. The third-order valence-electron chi connectivity index (χ3n) is 7.36. The summed E-state index contributed by atoms with van der Waals surface area (Å²) in [4.78, 5) is 17.5. The summed E-state index contributed by atoms with van der Waals surface area (Å²) in [6, 6.07) is 14.3. The van der Waals surface area contributed by atoms with Crippen LogP contribution in [-0.4, -0.2) is 72.1 Å². The minimum absolute atomic E-state index is 0.171. The number of sulfonamides is 1. The quantitative estimate of drug-likeness (QED) is 0.442. The number of nitrogens with two attached hydrogens (primary N) is 1. The van der Waals surface area contributed by atoms with Gasteiger partial charge in [-0.1, -0.05) is 30.3 Å². The van der Waals surface area contributed by atoms with Crippen molar-refractivity contribution in [2.24, 2.45) is 5.73 Å². The molecule has 2 aliphatic rings. The fraction of sp³-hybridized carbons (Fsp3) is 0.444. The molecule has 3 N–H and O–H groups in total. The van der Waals surface area contributed by atoms with Crippen molar-refractivity contribution in [3.8, 4) is 11.1 Å². The van der Waals surface area contributed by atoms with E-state index in [4.69, 9.17) is 5.73 Å². The van der Waals surface area contributed by atoms with E-state index < -0.39 is 10.0 Å². The number of H-pyrrole nitrogens is 1. The minimum Gasteiger partial charge on any atom is -0.369 e. The van der Waals surface area contributed by atoms with E-state index in [0.29, 0.717) is 19.5 Å². The summed E-state index contributed by atoms with van der Waals surface area (Å²) in [5.74, 6) is 2.29. The van der Waals surface area contributed by atoms with Crippen LogP contribution in [0.15, 0.2) is 48.7 Å². The van der Waals surface area contributed by atoms with Crippen molar-refractivity contribution in [2.75, 3.05) is 43.6 Å². The van der Waals surface area contributed by atoms with Crippen molar-refractivity contribution in [1.29, 1.82) is 0 Å². The van der Waals surface area contributed by atoms with Crippen LogP contribution in [0.3, 0.4) is 0 Å². The third kappa shape index (κ3) is 5.64. The van der Waals surface area contributed by atoms with Gasteiger partial charge in [-0.15, -0.1) is 11.8 Å². The zero-order valence-electron chi connectivity index (χ0n) is 20.5. The Morgan fingerprint density at radius 1 is 1.08 bits per heavy atom. The molecule has 9 heteroatoms. The van der Waals surface area contributed by atoms with Crippen LogP contribution in [0.25, 0.3) is 22.0 Å². The van der Waals surface area contributed by atoms with Gasteiger partial charge in [0.05, 0.1) is 12.2 Å². The molecule has 3 heterocycles. The number of piperidine rings is 1. The molecule has 36 heavy (non-hydrogen) atoms. The van der Waals surface area contributed by atoms with E-state index in [1.165, 1.54) is 5.56 Å². The molecule has 0 radical (unpaired) electrons. The van der Waals surface area contributed by atoms with Gasteiger partial charge in [-0.05, 0) is 59.6 Å². The van der Waals surface area contributed by atoms with Crippen LogP contribution >= 0.6 is 11.8 Å². The number of nitrogens with one attached hydrogen (secondary N) is 1. The molecule has 5 rings (SSSR count). The predicted octanol–water partition coefficient (Wildman–Crippen LogP) is 3.77. The molecule has 2 fully saturated rings. The largest absolute Gasteiger partial charge is 0.369 e. The summed E-state index contributed by atoms with van der Waals surface area (Å²) in [6.07, 6.45) is 4.47. The molecule has 3 aromatic rings. The molecular weight excluding hydrogens is 492 g/mol. The maximum atomic E-state index is 13.0. The molecular formula is C27H34N4O3S2. The molecule has 0 saturated carbocycles. The van der Waals surface area contributed by atoms with Crippen molar-refractivity contribution in [2.45, 2.75) is 31.6 Å². The van der Waals surface area contributed by atoms with E-state index in [1.807, 2.05) is 42.2 Å². The Balaban J connectivity index is 1.32. The molecule has 0 unspecified atom stereocenters. The van der Waals surface area contributed by atoms with Crippen molar-refractivity contribution >= 4 is 38.6 Å². The zero-order chi connectivity index (χ0) is 25.1. The summed E-state index contributed by atoms with van der Waals surface area (Å²) in [7, 11) is -3.23. The van der Waals surface area contributed by atoms with Crippen molar-refractivity contribution in [1.82, 2.24) is 14.2 Å². The fourth-order valence-electron chi connectivity index (χ4n) is 5.46. The summed E-state index contributed by atoms with van der Waals surface area (Å²) in [6.45, 7) is 3.01. The number of rotatable bonds is 9. The second kappa shape index (κ2) is 11.0. The molecule has 2 aliphatic heterocycles. The molecule has 0 aliphatic carbocycles. The van der Waals surface area contributed by atoms with Crippen molar-refractivity contribution < 1.29 is 13.2 Å². The normalized spacial score (nSPS) is 18.2. The second-order valence-corrected chi connectivity index (χ2v) is 13.0. The number of benzene rings is 2. The minimum atomic E-state index is -3.23. The Kier molecular flexibility index (Phi) is 7.71. The number of aromatic nitrogens is 1. The first kappa shape index (κ1) is 25.3. The number of primary amides is 1. The van der Waals surface area contributed by atoms with Gasteiger partial charge in [0.15, 0.2) is 0 Å². The van der Waals surface area contributed by atoms with E-state index in [1.54, 1.807) is 4.31 Å². The van der Waals surface area contributed by atoms with Gasteiger partial charge in [0.1, 0.15) is 0 Å². The Morgan fingerprint density at radius 2 is 1.86 bits per heavy atom. The van der Waals surface area contributed by atoms with Gasteiger partial charge in [-0.25, -0.2) is 12.7 Å². The summed E-state index contributed by atoms with van der Waals surface area (Å²) >= 11 is 1.91. The molecule has 0 bridgehead atoms. The third-order valence-corrected chi connectivity index (χ3v) is 10.3. The van der Waals surface area contributed by atoms with E-state index >= 15 is 0 Å². The maximum absolute atomic E-state index is 13.0. The Morgan fingerprint density at radius 3 is 2.56 bits per heavy atom. The summed E-state index contributed by atoms with van der Waals surface area (Å²) in [5.41, 5.74) is 10.7. The molecule has 0 spiro atoms. The zero-order valence-corrected chi connectivity index (χ0v) is 22.1. The highest BCUT2D eigenvalue weighted by molar-refractivity contribution is 7.99. The van der Waals surface area contributed by atoms with Gasteiger partial charge in [-0.3, -0.25) is 9.69 Å². The van der Waals surface area contributed by atoms with E-state index in [-0.39, 0.29) is 24.0 Å². The topological polar surface area (TPSA) is 99.5 Å². The van der Waals surface area contributed by atoms with E-state index in [2.05, 4.69) is 28.1 Å². The Bertz CT molecular complexity index is 1310. The Hall–Kier alpha value is -2.33. The maximum Gasteiger partial charge on any atom is 0.221 e. The average Bonchev–Trinajstić information content (AvgIpc) is 3.54. The molecule has 2 saturated heterocycles. The van der Waals surface area contributed by atoms with Crippen LogP contribution in [0, 0.1) is 0 Å². The smallest absolute Gasteiger partial charge is 0.221 e. The van der Waals surface area contributed by atoms with E-state index in [9.17, 15) is 13.2 Å². The first-order valence-corrected chi connectivity index (χ1v) is 15.4. The van der Waals surface area contributed by atoms with Crippen LogP contribution in [0.1, 0.15) is 36.3 Å². The highest BCUT2D eigenvalue weighted by Gasteiger charge is 2.30. The lowest BCUT2D eigenvalue weighted by Gasteiger charge is -2.31. The predicted molar refractivity (Wildman–Crippen MR) is 147 cm³/mol. The highest BCUT2D eigenvalue weighted by atomic mass is 32.2. The number of thioether (sulfide) groups is 1. The number of nitrogens with zero attached hydrogens (tertiary/aromatic N) is 2. The number of hydrogen-bond acceptors (Lipinski definition) is 5. The van der Waals surface area contributed by atoms with Gasteiger partial charge in [0.2, 0.25) is 15.9 Å². The van der Waals surface area contributed by atoms with Crippen LogP contribution in [0.4, 0.5) is 0 Å². The molecule has 192 valence electrons. The van der Waals surface area contributed by atoms with Gasteiger partial charge in [0, 0.05) is 54.9 Å². The lowest BCUT2D eigenvalue weighted by atomic mass is 9.88.